The topological polar surface area (TPSA) is 29.0 Å². The van der Waals surface area contributed by atoms with Gasteiger partial charge < -0.3 is 4.90 Å². The van der Waals surface area contributed by atoms with Crippen LogP contribution in [-0.2, 0) is 6.54 Å². The average molecular weight is 338 g/mol. The summed E-state index contributed by atoms with van der Waals surface area (Å²) in [6.45, 7) is 2.79. The van der Waals surface area contributed by atoms with Crippen LogP contribution in [0.15, 0.2) is 30.3 Å². The maximum absolute atomic E-state index is 6.04. The van der Waals surface area contributed by atoms with Gasteiger partial charge in [-0.15, -0.1) is 11.3 Å². The first-order valence-corrected chi connectivity index (χ1v) is 7.99. The predicted molar refractivity (Wildman–Crippen MR) is 90.7 cm³/mol. The number of benzene rings is 1. The van der Waals surface area contributed by atoms with Gasteiger partial charge in [0.1, 0.15) is 10.6 Å². The van der Waals surface area contributed by atoms with E-state index in [0.717, 1.165) is 33.2 Å². The van der Waals surface area contributed by atoms with Crippen LogP contribution in [-0.4, -0.2) is 17.0 Å². The molecule has 0 N–H and O–H groups in total. The highest BCUT2D eigenvalue weighted by Gasteiger charge is 2.13. The summed E-state index contributed by atoms with van der Waals surface area (Å²) in [6, 6.07) is 9.91. The van der Waals surface area contributed by atoms with Crippen molar-refractivity contribution >= 4 is 50.6 Å². The highest BCUT2D eigenvalue weighted by atomic mass is 35.5. The molecule has 0 aliphatic rings. The second kappa shape index (κ2) is 5.79. The third-order valence-electron chi connectivity index (χ3n) is 3.16. The molecule has 0 spiro atoms. The molecule has 0 fully saturated rings. The molecule has 0 aliphatic carbocycles. The number of aromatic nitrogens is 2. The highest BCUT2D eigenvalue weighted by Crippen LogP contribution is 2.31. The third kappa shape index (κ3) is 3.12. The summed E-state index contributed by atoms with van der Waals surface area (Å²) in [7, 11) is 2.00. The Balaban J connectivity index is 1.97. The molecule has 2 heterocycles. The molecule has 3 rings (SSSR count). The minimum Gasteiger partial charge on any atom is -0.355 e. The fraction of sp³-hybridized carbons (Fsp3) is 0.200. The summed E-state index contributed by atoms with van der Waals surface area (Å²) in [5, 5.41) is 2.06. The summed E-state index contributed by atoms with van der Waals surface area (Å²) in [5.74, 6) is 0.851. The van der Waals surface area contributed by atoms with Gasteiger partial charge in [0.25, 0.3) is 0 Å². The molecule has 0 radical (unpaired) electrons. The van der Waals surface area contributed by atoms with Crippen molar-refractivity contribution in [3.8, 4) is 0 Å². The van der Waals surface area contributed by atoms with Gasteiger partial charge in [-0.1, -0.05) is 23.7 Å². The molecule has 0 saturated carbocycles. The zero-order valence-electron chi connectivity index (χ0n) is 11.6. The Morgan fingerprint density at radius 3 is 2.57 bits per heavy atom. The summed E-state index contributed by atoms with van der Waals surface area (Å²) in [6.07, 6.45) is 0. The Bertz CT molecular complexity index is 783. The standard InChI is InChI=1S/C15H13Cl2N3S/c1-9-7-12-13(18-15(17)19-14(12)21-9)20(2)8-10-3-5-11(16)6-4-10/h3-7H,8H2,1-2H3. The minimum absolute atomic E-state index is 0.280. The van der Waals surface area contributed by atoms with Gasteiger partial charge in [-0.05, 0) is 42.3 Å². The number of hydrogen-bond acceptors (Lipinski definition) is 4. The van der Waals surface area contributed by atoms with E-state index in [-0.39, 0.29) is 5.28 Å². The van der Waals surface area contributed by atoms with Crippen LogP contribution in [0.1, 0.15) is 10.4 Å². The highest BCUT2D eigenvalue weighted by molar-refractivity contribution is 7.18. The van der Waals surface area contributed by atoms with Gasteiger partial charge in [-0.25, -0.2) is 4.98 Å². The predicted octanol–water partition coefficient (Wildman–Crippen LogP) is 4.94. The van der Waals surface area contributed by atoms with Gasteiger partial charge in [0.05, 0.1) is 5.39 Å². The molecule has 21 heavy (non-hydrogen) atoms. The van der Waals surface area contributed by atoms with Crippen LogP contribution in [0.3, 0.4) is 0 Å². The second-order valence-corrected chi connectivity index (χ2v) is 6.88. The van der Waals surface area contributed by atoms with Gasteiger partial charge in [0, 0.05) is 23.5 Å². The maximum atomic E-state index is 6.04. The number of anilines is 1. The quantitative estimate of drug-likeness (QED) is 0.633. The molecule has 6 heteroatoms. The van der Waals surface area contributed by atoms with Crippen LogP contribution in [0.5, 0.6) is 0 Å². The number of halogens is 2. The van der Waals surface area contributed by atoms with Crippen molar-refractivity contribution in [2.24, 2.45) is 0 Å². The zero-order valence-corrected chi connectivity index (χ0v) is 13.9. The van der Waals surface area contributed by atoms with Crippen LogP contribution < -0.4 is 4.90 Å². The molecule has 1 aromatic carbocycles. The monoisotopic (exact) mass is 337 g/mol. The Kier molecular flexibility index (Phi) is 4.02. The lowest BCUT2D eigenvalue weighted by Crippen LogP contribution is -2.18. The summed E-state index contributed by atoms with van der Waals surface area (Å²) < 4.78 is 0. The van der Waals surface area contributed by atoms with Crippen LogP contribution in [0.4, 0.5) is 5.82 Å². The first-order valence-electron chi connectivity index (χ1n) is 6.42. The molecule has 3 nitrogen and oxygen atoms in total. The number of fused-ring (bicyclic) bond motifs is 1. The second-order valence-electron chi connectivity index (χ2n) is 4.87. The molecular weight excluding hydrogens is 325 g/mol. The van der Waals surface area contributed by atoms with Gasteiger partial charge in [0.2, 0.25) is 5.28 Å². The number of aryl methyl sites for hydroxylation is 1. The summed E-state index contributed by atoms with van der Waals surface area (Å²) >= 11 is 13.6. The molecule has 108 valence electrons. The SMILES string of the molecule is Cc1cc2c(N(C)Cc3ccc(Cl)cc3)nc(Cl)nc2s1. The van der Waals surface area contributed by atoms with E-state index in [2.05, 4.69) is 27.9 Å². The van der Waals surface area contributed by atoms with E-state index in [1.165, 1.54) is 4.88 Å². The van der Waals surface area contributed by atoms with Crippen LogP contribution in [0.25, 0.3) is 10.2 Å². The Hall–Kier alpha value is -1.36. The lowest BCUT2D eigenvalue weighted by molar-refractivity contribution is 0.901. The van der Waals surface area contributed by atoms with E-state index >= 15 is 0 Å². The van der Waals surface area contributed by atoms with Gasteiger partial charge in [0.15, 0.2) is 0 Å². The first kappa shape index (κ1) is 14.6. The Morgan fingerprint density at radius 2 is 1.86 bits per heavy atom. The number of nitrogens with zero attached hydrogens (tertiary/aromatic N) is 3. The number of rotatable bonds is 3. The van der Waals surface area contributed by atoms with Crippen LogP contribution in [0.2, 0.25) is 10.3 Å². The number of hydrogen-bond donors (Lipinski definition) is 0. The summed E-state index contributed by atoms with van der Waals surface area (Å²) in [5.41, 5.74) is 1.16. The fourth-order valence-corrected chi connectivity index (χ4v) is 3.45. The summed E-state index contributed by atoms with van der Waals surface area (Å²) in [4.78, 5) is 12.9. The van der Waals surface area contributed by atoms with Gasteiger partial charge in [-0.2, -0.15) is 4.98 Å². The van der Waals surface area contributed by atoms with Crippen molar-refractivity contribution in [2.45, 2.75) is 13.5 Å². The van der Waals surface area contributed by atoms with Crippen LogP contribution in [0, 0.1) is 6.92 Å². The van der Waals surface area contributed by atoms with Crippen molar-refractivity contribution in [3.05, 3.63) is 51.1 Å². The molecule has 2 aromatic heterocycles. The third-order valence-corrected chi connectivity index (χ3v) is 4.53. The molecule has 0 saturated heterocycles. The van der Waals surface area contributed by atoms with E-state index in [1.54, 1.807) is 11.3 Å². The molecule has 0 aliphatic heterocycles. The van der Waals surface area contributed by atoms with E-state index in [4.69, 9.17) is 23.2 Å². The van der Waals surface area contributed by atoms with E-state index < -0.39 is 0 Å². The van der Waals surface area contributed by atoms with E-state index in [9.17, 15) is 0 Å². The smallest absolute Gasteiger partial charge is 0.225 e. The lowest BCUT2D eigenvalue weighted by atomic mass is 10.2. The zero-order chi connectivity index (χ0) is 15.0. The molecule has 0 amide bonds. The van der Waals surface area contributed by atoms with Gasteiger partial charge in [-0.3, -0.25) is 0 Å². The van der Waals surface area contributed by atoms with Crippen molar-refractivity contribution in [1.82, 2.24) is 9.97 Å². The minimum atomic E-state index is 0.280. The molecular formula is C15H13Cl2N3S. The van der Waals surface area contributed by atoms with Crippen molar-refractivity contribution in [2.75, 3.05) is 11.9 Å². The maximum Gasteiger partial charge on any atom is 0.225 e. The molecule has 3 aromatic rings. The van der Waals surface area contributed by atoms with Crippen LogP contribution >= 0.6 is 34.5 Å². The van der Waals surface area contributed by atoms with E-state index in [0.29, 0.717) is 0 Å². The Morgan fingerprint density at radius 1 is 1.14 bits per heavy atom. The van der Waals surface area contributed by atoms with Crippen molar-refractivity contribution in [1.29, 1.82) is 0 Å². The van der Waals surface area contributed by atoms with Gasteiger partial charge >= 0.3 is 0 Å². The average Bonchev–Trinajstić information content (AvgIpc) is 2.80. The Labute approximate surface area is 137 Å². The normalized spacial score (nSPS) is 11.0. The molecule has 0 unspecified atom stereocenters. The number of thiophene rings is 1. The molecule has 0 bridgehead atoms. The first-order chi connectivity index (χ1) is 10.0. The fourth-order valence-electron chi connectivity index (χ4n) is 2.23. The van der Waals surface area contributed by atoms with Crippen molar-refractivity contribution in [3.63, 3.8) is 0 Å². The van der Waals surface area contributed by atoms with Crippen molar-refractivity contribution < 1.29 is 0 Å². The largest absolute Gasteiger partial charge is 0.355 e. The lowest BCUT2D eigenvalue weighted by Gasteiger charge is -2.19. The van der Waals surface area contributed by atoms with E-state index in [1.807, 2.05) is 31.3 Å². The molecule has 0 atom stereocenters.